The molecule has 0 N–H and O–H groups in total. The number of carbonyl (C=O) groups excluding carboxylic acids is 2. The Morgan fingerprint density at radius 1 is 1.00 bits per heavy atom. The van der Waals surface area contributed by atoms with Gasteiger partial charge in [-0.25, -0.2) is 4.79 Å². The van der Waals surface area contributed by atoms with Crippen LogP contribution >= 0.6 is 0 Å². The minimum Gasteiger partial charge on any atom is -0.497 e. The Morgan fingerprint density at radius 2 is 1.61 bits per heavy atom. The van der Waals surface area contributed by atoms with Crippen molar-refractivity contribution in [2.24, 2.45) is 0 Å². The summed E-state index contributed by atoms with van der Waals surface area (Å²) in [5.41, 5.74) is 0.430. The molecule has 0 fully saturated rings. The van der Waals surface area contributed by atoms with Crippen molar-refractivity contribution in [3.63, 3.8) is 0 Å². The SMILES string of the molecule is CCCCCC(=O)OC(C)C(C)OC(=O)c1ccc(OC)cc1. The molecule has 23 heavy (non-hydrogen) atoms. The Balaban J connectivity index is 2.45. The van der Waals surface area contributed by atoms with Crippen molar-refractivity contribution < 1.29 is 23.8 Å². The summed E-state index contributed by atoms with van der Waals surface area (Å²) in [6.45, 7) is 5.52. The van der Waals surface area contributed by atoms with Crippen molar-refractivity contribution >= 4 is 11.9 Å². The molecule has 0 bridgehead atoms. The molecule has 0 amide bonds. The van der Waals surface area contributed by atoms with E-state index in [1.54, 1.807) is 45.2 Å². The first-order valence-corrected chi connectivity index (χ1v) is 8.02. The van der Waals surface area contributed by atoms with E-state index in [-0.39, 0.29) is 5.97 Å². The molecule has 5 nitrogen and oxygen atoms in total. The number of rotatable bonds is 9. The molecule has 0 aromatic heterocycles. The lowest BCUT2D eigenvalue weighted by Crippen LogP contribution is -2.30. The minimum atomic E-state index is -0.514. The van der Waals surface area contributed by atoms with E-state index in [1.165, 1.54) is 0 Å². The summed E-state index contributed by atoms with van der Waals surface area (Å²) >= 11 is 0. The van der Waals surface area contributed by atoms with Gasteiger partial charge in [0, 0.05) is 6.42 Å². The molecule has 0 radical (unpaired) electrons. The highest BCUT2D eigenvalue weighted by molar-refractivity contribution is 5.89. The fraction of sp³-hybridized carbons (Fsp3) is 0.556. The maximum absolute atomic E-state index is 12.1. The highest BCUT2D eigenvalue weighted by Gasteiger charge is 2.21. The molecule has 2 atom stereocenters. The number of hydrogen-bond donors (Lipinski definition) is 0. The molecule has 1 rings (SSSR count). The minimum absolute atomic E-state index is 0.252. The normalized spacial score (nSPS) is 13.0. The zero-order chi connectivity index (χ0) is 17.2. The summed E-state index contributed by atoms with van der Waals surface area (Å²) in [4.78, 5) is 23.7. The van der Waals surface area contributed by atoms with E-state index < -0.39 is 18.2 Å². The average molecular weight is 322 g/mol. The van der Waals surface area contributed by atoms with E-state index >= 15 is 0 Å². The largest absolute Gasteiger partial charge is 0.497 e. The van der Waals surface area contributed by atoms with Crippen LogP contribution in [0.15, 0.2) is 24.3 Å². The molecule has 0 spiro atoms. The molecule has 0 aliphatic heterocycles. The molecule has 0 aliphatic rings. The molecule has 0 heterocycles. The van der Waals surface area contributed by atoms with Gasteiger partial charge in [0.2, 0.25) is 0 Å². The van der Waals surface area contributed by atoms with Gasteiger partial charge >= 0.3 is 11.9 Å². The van der Waals surface area contributed by atoms with E-state index in [4.69, 9.17) is 14.2 Å². The predicted octanol–water partition coefficient (Wildman–Crippen LogP) is 3.75. The Bertz CT molecular complexity index is 495. The van der Waals surface area contributed by atoms with Crippen molar-refractivity contribution in [3.05, 3.63) is 29.8 Å². The summed E-state index contributed by atoms with van der Waals surface area (Å²) in [7, 11) is 1.56. The van der Waals surface area contributed by atoms with Crippen molar-refractivity contribution in [1.82, 2.24) is 0 Å². The van der Waals surface area contributed by atoms with E-state index in [1.807, 2.05) is 0 Å². The van der Waals surface area contributed by atoms with Crippen LogP contribution in [0.5, 0.6) is 5.75 Å². The first-order valence-electron chi connectivity index (χ1n) is 8.02. The third-order valence-electron chi connectivity index (χ3n) is 3.58. The van der Waals surface area contributed by atoms with Crippen LogP contribution in [0, 0.1) is 0 Å². The fourth-order valence-corrected chi connectivity index (χ4v) is 1.94. The number of benzene rings is 1. The van der Waals surface area contributed by atoms with Gasteiger partial charge in [0.15, 0.2) is 0 Å². The summed E-state index contributed by atoms with van der Waals surface area (Å²) in [5.74, 6) is -0.0312. The zero-order valence-electron chi connectivity index (χ0n) is 14.3. The van der Waals surface area contributed by atoms with Crippen molar-refractivity contribution in [2.45, 2.75) is 58.7 Å². The molecule has 0 saturated carbocycles. The smallest absolute Gasteiger partial charge is 0.338 e. The second-order valence-electron chi connectivity index (χ2n) is 5.49. The molecular weight excluding hydrogens is 296 g/mol. The van der Waals surface area contributed by atoms with Crippen LogP contribution in [0.4, 0.5) is 0 Å². The number of ether oxygens (including phenoxy) is 3. The van der Waals surface area contributed by atoms with Crippen LogP contribution in [0.1, 0.15) is 56.8 Å². The van der Waals surface area contributed by atoms with Crippen molar-refractivity contribution in [1.29, 1.82) is 0 Å². The lowest BCUT2D eigenvalue weighted by Gasteiger charge is -2.21. The lowest BCUT2D eigenvalue weighted by atomic mass is 10.2. The number of carbonyl (C=O) groups is 2. The van der Waals surface area contributed by atoms with Gasteiger partial charge in [0.25, 0.3) is 0 Å². The van der Waals surface area contributed by atoms with Crippen LogP contribution in [0.3, 0.4) is 0 Å². The number of methoxy groups -OCH3 is 1. The Hall–Kier alpha value is -2.04. The van der Waals surface area contributed by atoms with Crippen LogP contribution in [-0.4, -0.2) is 31.3 Å². The highest BCUT2D eigenvalue weighted by atomic mass is 16.6. The van der Waals surface area contributed by atoms with Gasteiger partial charge in [0.05, 0.1) is 12.7 Å². The molecule has 1 aromatic rings. The summed E-state index contributed by atoms with van der Waals surface area (Å²) < 4.78 is 15.7. The average Bonchev–Trinajstić information content (AvgIpc) is 2.55. The number of esters is 2. The summed E-state index contributed by atoms with van der Waals surface area (Å²) in [5, 5.41) is 0. The second kappa shape index (κ2) is 9.87. The number of unbranched alkanes of at least 4 members (excludes halogenated alkanes) is 2. The van der Waals surface area contributed by atoms with Crippen LogP contribution < -0.4 is 4.74 Å². The molecule has 2 unspecified atom stereocenters. The summed E-state index contributed by atoms with van der Waals surface area (Å²) in [6.07, 6.45) is 2.29. The summed E-state index contributed by atoms with van der Waals surface area (Å²) in [6, 6.07) is 6.65. The topological polar surface area (TPSA) is 61.8 Å². The van der Waals surface area contributed by atoms with Gasteiger partial charge in [-0.1, -0.05) is 19.8 Å². The van der Waals surface area contributed by atoms with Crippen LogP contribution in [0.25, 0.3) is 0 Å². The number of hydrogen-bond acceptors (Lipinski definition) is 5. The van der Waals surface area contributed by atoms with Gasteiger partial charge in [0.1, 0.15) is 18.0 Å². The third kappa shape index (κ3) is 6.72. The molecule has 128 valence electrons. The fourth-order valence-electron chi connectivity index (χ4n) is 1.94. The second-order valence-corrected chi connectivity index (χ2v) is 5.49. The lowest BCUT2D eigenvalue weighted by molar-refractivity contribution is -0.153. The molecular formula is C18H26O5. The predicted molar refractivity (Wildman–Crippen MR) is 87.6 cm³/mol. The van der Waals surface area contributed by atoms with Crippen LogP contribution in [-0.2, 0) is 14.3 Å². The highest BCUT2D eigenvalue weighted by Crippen LogP contribution is 2.14. The molecule has 5 heteroatoms. The maximum atomic E-state index is 12.1. The van der Waals surface area contributed by atoms with Crippen LogP contribution in [0.2, 0.25) is 0 Å². The Kier molecular flexibility index (Phi) is 8.16. The molecule has 0 saturated heterocycles. The van der Waals surface area contributed by atoms with Gasteiger partial charge in [-0.05, 0) is 44.5 Å². The molecule has 1 aromatic carbocycles. The van der Waals surface area contributed by atoms with E-state index in [9.17, 15) is 9.59 Å². The van der Waals surface area contributed by atoms with Crippen molar-refractivity contribution in [2.75, 3.05) is 7.11 Å². The third-order valence-corrected chi connectivity index (χ3v) is 3.58. The maximum Gasteiger partial charge on any atom is 0.338 e. The van der Waals surface area contributed by atoms with E-state index in [0.29, 0.717) is 17.7 Å². The quantitative estimate of drug-likeness (QED) is 0.512. The first-order chi connectivity index (χ1) is 11.0. The van der Waals surface area contributed by atoms with Gasteiger partial charge in [-0.3, -0.25) is 4.79 Å². The van der Waals surface area contributed by atoms with Crippen molar-refractivity contribution in [3.8, 4) is 5.75 Å². The van der Waals surface area contributed by atoms with E-state index in [0.717, 1.165) is 19.3 Å². The Morgan fingerprint density at radius 3 is 2.17 bits per heavy atom. The standard InChI is InChI=1S/C18H26O5/c1-5-6-7-8-17(19)22-13(2)14(3)23-18(20)15-9-11-16(21-4)12-10-15/h9-14H,5-8H2,1-4H3. The van der Waals surface area contributed by atoms with Gasteiger partial charge in [-0.2, -0.15) is 0 Å². The van der Waals surface area contributed by atoms with E-state index in [2.05, 4.69) is 6.92 Å². The van der Waals surface area contributed by atoms with Gasteiger partial charge < -0.3 is 14.2 Å². The molecule has 0 aliphatic carbocycles. The van der Waals surface area contributed by atoms with Gasteiger partial charge in [-0.15, -0.1) is 0 Å². The monoisotopic (exact) mass is 322 g/mol. The zero-order valence-corrected chi connectivity index (χ0v) is 14.3. The Labute approximate surface area is 137 Å². The first kappa shape index (κ1) is 19.0.